The highest BCUT2D eigenvalue weighted by atomic mass is 79.9. The van der Waals surface area contributed by atoms with E-state index in [4.69, 9.17) is 0 Å². The number of non-ortho nitro benzene ring substituents is 1. The standard InChI is InChI=1S/C19H12BrN3O2/c20-16-5-2-6-18(12-16)22-9-3-8-17(22)11-15(13-21)14-4-1-7-19(10-14)23(24)25/h1-12H/b15-11-. The maximum absolute atomic E-state index is 10.9. The molecule has 1 heterocycles. The van der Waals surface area contributed by atoms with Crippen LogP contribution in [0.5, 0.6) is 0 Å². The number of nitro groups is 1. The number of aromatic nitrogens is 1. The molecule has 0 saturated heterocycles. The molecule has 5 nitrogen and oxygen atoms in total. The van der Waals surface area contributed by atoms with Crippen molar-refractivity contribution in [2.24, 2.45) is 0 Å². The predicted octanol–water partition coefficient (Wildman–Crippen LogP) is 5.21. The summed E-state index contributed by atoms with van der Waals surface area (Å²) in [5.74, 6) is 0. The molecule has 25 heavy (non-hydrogen) atoms. The maximum Gasteiger partial charge on any atom is 0.270 e. The minimum atomic E-state index is -0.470. The zero-order valence-corrected chi connectivity index (χ0v) is 14.6. The van der Waals surface area contributed by atoms with Gasteiger partial charge in [-0.2, -0.15) is 5.26 Å². The van der Waals surface area contributed by atoms with E-state index in [2.05, 4.69) is 22.0 Å². The summed E-state index contributed by atoms with van der Waals surface area (Å²) in [6, 6.07) is 19.8. The van der Waals surface area contributed by atoms with Crippen molar-refractivity contribution in [3.63, 3.8) is 0 Å². The van der Waals surface area contributed by atoms with Gasteiger partial charge in [-0.3, -0.25) is 10.1 Å². The Balaban J connectivity index is 2.05. The summed E-state index contributed by atoms with van der Waals surface area (Å²) < 4.78 is 2.90. The van der Waals surface area contributed by atoms with Gasteiger partial charge in [-0.05, 0) is 42.0 Å². The Morgan fingerprint density at radius 2 is 1.96 bits per heavy atom. The van der Waals surface area contributed by atoms with E-state index in [1.165, 1.54) is 12.1 Å². The van der Waals surface area contributed by atoms with Gasteiger partial charge >= 0.3 is 0 Å². The van der Waals surface area contributed by atoms with Crippen molar-refractivity contribution in [1.29, 1.82) is 5.26 Å². The molecule has 0 bridgehead atoms. The number of nitrogens with zero attached hydrogens (tertiary/aromatic N) is 3. The number of benzene rings is 2. The molecule has 0 spiro atoms. The summed E-state index contributed by atoms with van der Waals surface area (Å²) in [6.07, 6.45) is 3.62. The first kappa shape index (κ1) is 16.7. The van der Waals surface area contributed by atoms with Gasteiger partial charge in [0.05, 0.1) is 16.6 Å². The van der Waals surface area contributed by atoms with Crippen LogP contribution >= 0.6 is 15.9 Å². The minimum Gasteiger partial charge on any atom is -0.317 e. The summed E-state index contributed by atoms with van der Waals surface area (Å²) in [4.78, 5) is 10.5. The lowest BCUT2D eigenvalue weighted by Crippen LogP contribution is -1.95. The van der Waals surface area contributed by atoms with Crippen LogP contribution in [0.2, 0.25) is 0 Å². The first-order chi connectivity index (χ1) is 12.1. The lowest BCUT2D eigenvalue weighted by Gasteiger charge is -2.08. The largest absolute Gasteiger partial charge is 0.317 e. The number of hydrogen-bond donors (Lipinski definition) is 0. The Hall–Kier alpha value is -3.17. The molecule has 1 aromatic heterocycles. The van der Waals surface area contributed by atoms with Gasteiger partial charge in [0.15, 0.2) is 0 Å². The fourth-order valence-corrected chi connectivity index (χ4v) is 2.88. The minimum absolute atomic E-state index is 0.0407. The van der Waals surface area contributed by atoms with E-state index < -0.39 is 4.92 Å². The predicted molar refractivity (Wildman–Crippen MR) is 100 cm³/mol. The molecule has 3 rings (SSSR count). The van der Waals surface area contributed by atoms with Crippen molar-refractivity contribution < 1.29 is 4.92 Å². The Labute approximate surface area is 152 Å². The number of allylic oxidation sites excluding steroid dienone is 1. The fraction of sp³-hybridized carbons (Fsp3) is 0. The van der Waals surface area contributed by atoms with Crippen molar-refractivity contribution in [2.45, 2.75) is 0 Å². The van der Waals surface area contributed by atoms with Crippen LogP contribution in [0.25, 0.3) is 17.3 Å². The molecule has 0 amide bonds. The Morgan fingerprint density at radius 1 is 1.16 bits per heavy atom. The van der Waals surface area contributed by atoms with Gasteiger partial charge in [-0.15, -0.1) is 0 Å². The van der Waals surface area contributed by atoms with Crippen molar-refractivity contribution in [1.82, 2.24) is 4.57 Å². The van der Waals surface area contributed by atoms with E-state index in [0.717, 1.165) is 15.9 Å². The van der Waals surface area contributed by atoms with Gasteiger partial charge in [-0.25, -0.2) is 0 Å². The van der Waals surface area contributed by atoms with Gasteiger partial charge in [0.25, 0.3) is 5.69 Å². The molecule has 0 atom stereocenters. The molecule has 122 valence electrons. The number of nitro benzene ring substituents is 1. The zero-order chi connectivity index (χ0) is 17.8. The summed E-state index contributed by atoms with van der Waals surface area (Å²) in [6.45, 7) is 0. The van der Waals surface area contributed by atoms with Crippen LogP contribution in [-0.4, -0.2) is 9.49 Å². The molecule has 0 unspecified atom stereocenters. The Bertz CT molecular complexity index is 1020. The molecule has 6 heteroatoms. The van der Waals surface area contributed by atoms with Crippen molar-refractivity contribution in [3.05, 3.63) is 92.7 Å². The topological polar surface area (TPSA) is 71.9 Å². The molecule has 0 aliphatic rings. The van der Waals surface area contributed by atoms with Gasteiger partial charge < -0.3 is 4.57 Å². The third-order valence-electron chi connectivity index (χ3n) is 3.65. The van der Waals surface area contributed by atoms with Crippen LogP contribution in [0.15, 0.2) is 71.3 Å². The van der Waals surface area contributed by atoms with E-state index in [1.807, 2.05) is 47.2 Å². The van der Waals surface area contributed by atoms with Gasteiger partial charge in [-0.1, -0.05) is 34.1 Å². The van der Waals surface area contributed by atoms with E-state index in [-0.39, 0.29) is 5.69 Å². The number of rotatable bonds is 4. The summed E-state index contributed by atoms with van der Waals surface area (Å²) >= 11 is 3.45. The monoisotopic (exact) mass is 393 g/mol. The van der Waals surface area contributed by atoms with Crippen LogP contribution in [0, 0.1) is 21.4 Å². The molecule has 0 aliphatic carbocycles. The van der Waals surface area contributed by atoms with E-state index in [9.17, 15) is 15.4 Å². The molecular formula is C19H12BrN3O2. The molecule has 0 radical (unpaired) electrons. The number of hydrogen-bond acceptors (Lipinski definition) is 3. The van der Waals surface area contributed by atoms with Gasteiger partial charge in [0, 0.05) is 34.2 Å². The molecule has 0 fully saturated rings. The SMILES string of the molecule is N#C/C(=C/c1cccn1-c1cccc(Br)c1)c1cccc([N+](=O)[O-])c1. The maximum atomic E-state index is 10.9. The zero-order valence-electron chi connectivity index (χ0n) is 13.0. The van der Waals surface area contributed by atoms with E-state index >= 15 is 0 Å². The molecule has 3 aromatic rings. The highest BCUT2D eigenvalue weighted by Gasteiger charge is 2.10. The second kappa shape index (κ2) is 7.16. The quantitative estimate of drug-likeness (QED) is 0.346. The summed E-state index contributed by atoms with van der Waals surface area (Å²) in [5, 5.41) is 20.5. The van der Waals surface area contributed by atoms with Gasteiger partial charge in [0.1, 0.15) is 0 Å². The van der Waals surface area contributed by atoms with Crippen LogP contribution in [0.1, 0.15) is 11.3 Å². The number of nitriles is 1. The summed E-state index contributed by atoms with van der Waals surface area (Å²) in [5.41, 5.74) is 2.58. The first-order valence-corrected chi connectivity index (χ1v) is 8.18. The lowest BCUT2D eigenvalue weighted by atomic mass is 10.1. The van der Waals surface area contributed by atoms with Crippen molar-refractivity contribution in [3.8, 4) is 11.8 Å². The normalized spacial score (nSPS) is 11.1. The highest BCUT2D eigenvalue weighted by Crippen LogP contribution is 2.24. The third-order valence-corrected chi connectivity index (χ3v) is 4.14. The first-order valence-electron chi connectivity index (χ1n) is 7.38. The van der Waals surface area contributed by atoms with Crippen LogP contribution in [0.3, 0.4) is 0 Å². The lowest BCUT2D eigenvalue weighted by molar-refractivity contribution is -0.384. The van der Waals surface area contributed by atoms with Crippen LogP contribution in [0.4, 0.5) is 5.69 Å². The number of halogens is 1. The average molecular weight is 394 g/mol. The fourth-order valence-electron chi connectivity index (χ4n) is 2.49. The summed E-state index contributed by atoms with van der Waals surface area (Å²) in [7, 11) is 0. The Morgan fingerprint density at radius 3 is 2.68 bits per heavy atom. The third kappa shape index (κ3) is 3.67. The highest BCUT2D eigenvalue weighted by molar-refractivity contribution is 9.10. The van der Waals surface area contributed by atoms with Crippen LogP contribution < -0.4 is 0 Å². The second-order valence-electron chi connectivity index (χ2n) is 5.26. The van der Waals surface area contributed by atoms with Crippen LogP contribution in [-0.2, 0) is 0 Å². The van der Waals surface area contributed by atoms with E-state index in [1.54, 1.807) is 18.2 Å². The molecule has 0 N–H and O–H groups in total. The van der Waals surface area contributed by atoms with E-state index in [0.29, 0.717) is 11.1 Å². The van der Waals surface area contributed by atoms with Crippen molar-refractivity contribution in [2.75, 3.05) is 0 Å². The van der Waals surface area contributed by atoms with Gasteiger partial charge in [0.2, 0.25) is 0 Å². The smallest absolute Gasteiger partial charge is 0.270 e. The second-order valence-corrected chi connectivity index (χ2v) is 6.18. The molecule has 0 aliphatic heterocycles. The molecule has 0 saturated carbocycles. The van der Waals surface area contributed by atoms with Crippen molar-refractivity contribution >= 4 is 33.3 Å². The Kier molecular flexibility index (Phi) is 4.78. The molecular weight excluding hydrogens is 382 g/mol. The molecule has 2 aromatic carbocycles. The average Bonchev–Trinajstić information content (AvgIpc) is 3.08.